The lowest BCUT2D eigenvalue weighted by Gasteiger charge is -2.08. The average molecular weight is 391 g/mol. The summed E-state index contributed by atoms with van der Waals surface area (Å²) < 4.78 is 5.11. The van der Waals surface area contributed by atoms with Gasteiger partial charge in [-0.2, -0.15) is 0 Å². The number of anilines is 3. The van der Waals surface area contributed by atoms with Crippen LogP contribution in [0.2, 0.25) is 0 Å². The third kappa shape index (κ3) is 5.77. The number of hydrogen-bond donors (Lipinski definition) is 3. The highest BCUT2D eigenvalue weighted by Crippen LogP contribution is 2.18. The molecule has 0 fully saturated rings. The van der Waals surface area contributed by atoms with Gasteiger partial charge in [-0.1, -0.05) is 18.2 Å². The number of carbonyl (C=O) groups excluding carboxylic acids is 2. The third-order valence-electron chi connectivity index (χ3n) is 3.96. The van der Waals surface area contributed by atoms with Crippen molar-refractivity contribution < 1.29 is 14.3 Å². The van der Waals surface area contributed by atoms with Gasteiger partial charge >= 0.3 is 0 Å². The van der Waals surface area contributed by atoms with Crippen molar-refractivity contribution in [1.29, 1.82) is 0 Å². The van der Waals surface area contributed by atoms with Crippen LogP contribution in [0.4, 0.5) is 17.2 Å². The van der Waals surface area contributed by atoms with E-state index in [0.717, 1.165) is 17.0 Å². The van der Waals surface area contributed by atoms with Crippen LogP contribution in [0.25, 0.3) is 0 Å². The maximum atomic E-state index is 12.3. The molecular weight excluding hydrogens is 370 g/mol. The van der Waals surface area contributed by atoms with E-state index in [0.29, 0.717) is 18.1 Å². The smallest absolute Gasteiger partial charge is 0.272 e. The van der Waals surface area contributed by atoms with Crippen LogP contribution < -0.4 is 20.7 Å². The third-order valence-corrected chi connectivity index (χ3v) is 3.96. The van der Waals surface area contributed by atoms with Gasteiger partial charge in [0.2, 0.25) is 5.91 Å². The average Bonchev–Trinajstić information content (AvgIpc) is 2.73. The van der Waals surface area contributed by atoms with E-state index in [4.69, 9.17) is 4.74 Å². The quantitative estimate of drug-likeness (QED) is 0.572. The van der Waals surface area contributed by atoms with Crippen molar-refractivity contribution in [3.8, 4) is 5.75 Å². The lowest BCUT2D eigenvalue weighted by Crippen LogP contribution is -2.24. The Bertz CT molecular complexity index is 988. The van der Waals surface area contributed by atoms with Gasteiger partial charge in [0.1, 0.15) is 5.75 Å². The van der Waals surface area contributed by atoms with E-state index in [9.17, 15) is 9.59 Å². The molecule has 0 aliphatic rings. The molecule has 3 N–H and O–H groups in total. The molecule has 0 saturated heterocycles. The minimum atomic E-state index is -0.312. The molecule has 0 aliphatic heterocycles. The number of aromatic nitrogens is 2. The normalized spacial score (nSPS) is 10.1. The van der Waals surface area contributed by atoms with Gasteiger partial charge in [0.15, 0.2) is 11.5 Å². The number of amides is 2. The standard InChI is InChI=1S/C21H21N5O3/c1-14(27)23-16-4-3-5-17(12-16)24-20-11-10-19(25-26-20)21(28)22-13-15-6-8-18(29-2)9-7-15/h3-12H,13H2,1-2H3,(H,22,28)(H,23,27)(H,24,26). The van der Waals surface area contributed by atoms with E-state index < -0.39 is 0 Å². The van der Waals surface area contributed by atoms with E-state index in [-0.39, 0.29) is 17.5 Å². The molecule has 2 aromatic carbocycles. The van der Waals surface area contributed by atoms with Crippen LogP contribution in [0.15, 0.2) is 60.7 Å². The fraction of sp³-hybridized carbons (Fsp3) is 0.143. The van der Waals surface area contributed by atoms with Gasteiger partial charge in [-0.05, 0) is 48.0 Å². The molecule has 0 radical (unpaired) electrons. The first kappa shape index (κ1) is 19.8. The number of rotatable bonds is 7. The molecule has 0 unspecified atom stereocenters. The molecule has 148 valence electrons. The van der Waals surface area contributed by atoms with Gasteiger partial charge in [-0.3, -0.25) is 9.59 Å². The number of benzene rings is 2. The van der Waals surface area contributed by atoms with E-state index >= 15 is 0 Å². The lowest BCUT2D eigenvalue weighted by atomic mass is 10.2. The van der Waals surface area contributed by atoms with Crippen LogP contribution in [0.3, 0.4) is 0 Å². The van der Waals surface area contributed by atoms with Gasteiger partial charge in [0, 0.05) is 24.8 Å². The number of methoxy groups -OCH3 is 1. The number of hydrogen-bond acceptors (Lipinski definition) is 6. The molecule has 2 amide bonds. The first-order chi connectivity index (χ1) is 14.0. The fourth-order valence-electron chi connectivity index (χ4n) is 2.56. The molecule has 8 nitrogen and oxygen atoms in total. The van der Waals surface area contributed by atoms with Crippen LogP contribution in [0.1, 0.15) is 23.0 Å². The van der Waals surface area contributed by atoms with Crippen molar-refractivity contribution in [2.24, 2.45) is 0 Å². The molecule has 29 heavy (non-hydrogen) atoms. The SMILES string of the molecule is COc1ccc(CNC(=O)c2ccc(Nc3cccc(NC(C)=O)c3)nn2)cc1. The first-order valence-corrected chi connectivity index (χ1v) is 8.93. The zero-order valence-electron chi connectivity index (χ0n) is 16.1. The fourth-order valence-corrected chi connectivity index (χ4v) is 2.56. The summed E-state index contributed by atoms with van der Waals surface area (Å²) in [5, 5.41) is 16.6. The summed E-state index contributed by atoms with van der Waals surface area (Å²) in [4.78, 5) is 23.4. The second-order valence-corrected chi connectivity index (χ2v) is 6.22. The van der Waals surface area contributed by atoms with Crippen molar-refractivity contribution in [2.45, 2.75) is 13.5 Å². The molecule has 0 bridgehead atoms. The molecule has 8 heteroatoms. The molecule has 1 heterocycles. The number of nitrogens with zero attached hydrogens (tertiary/aromatic N) is 2. The Morgan fingerprint density at radius 3 is 2.38 bits per heavy atom. The highest BCUT2D eigenvalue weighted by Gasteiger charge is 2.08. The van der Waals surface area contributed by atoms with Crippen molar-refractivity contribution in [3.63, 3.8) is 0 Å². The van der Waals surface area contributed by atoms with Gasteiger partial charge in [0.05, 0.1) is 7.11 Å². The second kappa shape index (κ2) is 9.32. The van der Waals surface area contributed by atoms with Gasteiger partial charge < -0.3 is 20.7 Å². The predicted octanol–water partition coefficient (Wildman–Crippen LogP) is 3.12. The molecule has 0 aliphatic carbocycles. The summed E-state index contributed by atoms with van der Waals surface area (Å²) in [7, 11) is 1.60. The number of ether oxygens (including phenoxy) is 1. The molecule has 0 spiro atoms. The zero-order valence-corrected chi connectivity index (χ0v) is 16.1. The Hall–Kier alpha value is -3.94. The monoisotopic (exact) mass is 391 g/mol. The molecule has 3 aromatic rings. The highest BCUT2D eigenvalue weighted by molar-refractivity contribution is 5.92. The molecular formula is C21H21N5O3. The second-order valence-electron chi connectivity index (χ2n) is 6.22. The van der Waals surface area contributed by atoms with Crippen LogP contribution in [0, 0.1) is 0 Å². The predicted molar refractivity (Wildman–Crippen MR) is 110 cm³/mol. The van der Waals surface area contributed by atoms with Crippen molar-refractivity contribution >= 4 is 29.0 Å². The zero-order chi connectivity index (χ0) is 20.6. The van der Waals surface area contributed by atoms with E-state index in [1.54, 1.807) is 31.4 Å². The van der Waals surface area contributed by atoms with Gasteiger partial charge in [-0.25, -0.2) is 0 Å². The maximum Gasteiger partial charge on any atom is 0.272 e. The van der Waals surface area contributed by atoms with Gasteiger partial charge in [0.25, 0.3) is 5.91 Å². The topological polar surface area (TPSA) is 105 Å². The lowest BCUT2D eigenvalue weighted by molar-refractivity contribution is -0.114. The molecule has 3 rings (SSSR count). The van der Waals surface area contributed by atoms with Crippen LogP contribution in [-0.4, -0.2) is 29.1 Å². The van der Waals surface area contributed by atoms with E-state index in [1.807, 2.05) is 36.4 Å². The summed E-state index contributed by atoms with van der Waals surface area (Å²) in [6.45, 7) is 1.82. The molecule has 1 aromatic heterocycles. The molecule has 0 atom stereocenters. The first-order valence-electron chi connectivity index (χ1n) is 8.93. The van der Waals surface area contributed by atoms with Crippen molar-refractivity contribution in [1.82, 2.24) is 15.5 Å². The largest absolute Gasteiger partial charge is 0.497 e. The van der Waals surface area contributed by atoms with Crippen LogP contribution in [0.5, 0.6) is 5.75 Å². The van der Waals surface area contributed by atoms with Crippen molar-refractivity contribution in [2.75, 3.05) is 17.7 Å². The van der Waals surface area contributed by atoms with Crippen molar-refractivity contribution in [3.05, 3.63) is 71.9 Å². The Balaban J connectivity index is 1.57. The highest BCUT2D eigenvalue weighted by atomic mass is 16.5. The van der Waals surface area contributed by atoms with Crippen LogP contribution >= 0.6 is 0 Å². The minimum absolute atomic E-state index is 0.146. The van der Waals surface area contributed by atoms with Crippen LogP contribution in [-0.2, 0) is 11.3 Å². The summed E-state index contributed by atoms with van der Waals surface area (Å²) in [6, 6.07) is 17.9. The summed E-state index contributed by atoms with van der Waals surface area (Å²) in [5.74, 6) is 0.785. The van der Waals surface area contributed by atoms with Gasteiger partial charge in [-0.15, -0.1) is 10.2 Å². The summed E-state index contributed by atoms with van der Waals surface area (Å²) in [6.07, 6.45) is 0. The Labute approximate surface area is 168 Å². The minimum Gasteiger partial charge on any atom is -0.497 e. The Morgan fingerprint density at radius 2 is 1.72 bits per heavy atom. The molecule has 0 saturated carbocycles. The van der Waals surface area contributed by atoms with E-state index in [1.165, 1.54) is 6.92 Å². The summed E-state index contributed by atoms with van der Waals surface area (Å²) in [5.41, 5.74) is 2.58. The number of nitrogens with one attached hydrogen (secondary N) is 3. The number of carbonyl (C=O) groups is 2. The Kier molecular flexibility index (Phi) is 6.36. The Morgan fingerprint density at radius 1 is 0.966 bits per heavy atom. The van der Waals surface area contributed by atoms with E-state index in [2.05, 4.69) is 26.1 Å². The summed E-state index contributed by atoms with van der Waals surface area (Å²) >= 11 is 0. The maximum absolute atomic E-state index is 12.3.